The standard InChI is InChI=1S/C41H59N9O10/c1-8-22(5)34(39(57)48-32(41(59)60)15-25-18-43-28-13-11-10-12-27(25)28)50-40(58)35(23(6)9-2)49-38(56)31(17-33(52)53)47-36(54)29(14-21(3)4)46-37(55)30(45-24(7)51)16-26-19-42-20-44-26/h10-13,18-23,29-32,34-35,43H,8-9,14-17H2,1-7H3,(H,42,44)(H,45,51)(H,46,55)(H,47,54)(H,48,57)(H,49,56)(H,50,58)(H,52,53)(H,59,60)/t22-,23-,29+,30-,31-,32-,34-,35-/m0/s1. The number of rotatable bonds is 24. The maximum absolute atomic E-state index is 14.0. The van der Waals surface area contributed by atoms with Crippen molar-refractivity contribution in [2.24, 2.45) is 17.8 Å². The van der Waals surface area contributed by atoms with Crippen LogP contribution in [0.1, 0.15) is 85.4 Å². The van der Waals surface area contributed by atoms with Gasteiger partial charge in [0, 0.05) is 48.8 Å². The first-order valence-electron chi connectivity index (χ1n) is 20.1. The highest BCUT2D eigenvalue weighted by molar-refractivity contribution is 5.98. The lowest BCUT2D eigenvalue weighted by Crippen LogP contribution is -2.61. The molecule has 0 aliphatic heterocycles. The van der Waals surface area contributed by atoms with E-state index < -0.39 is 102 Å². The molecule has 60 heavy (non-hydrogen) atoms. The average Bonchev–Trinajstić information content (AvgIpc) is 3.86. The highest BCUT2D eigenvalue weighted by atomic mass is 16.4. The Bertz CT molecular complexity index is 1960. The van der Waals surface area contributed by atoms with Crippen LogP contribution in [0.2, 0.25) is 0 Å². The monoisotopic (exact) mass is 837 g/mol. The first kappa shape index (κ1) is 48.1. The van der Waals surface area contributed by atoms with Crippen molar-refractivity contribution in [3.05, 3.63) is 54.2 Å². The predicted molar refractivity (Wildman–Crippen MR) is 220 cm³/mol. The maximum atomic E-state index is 14.0. The van der Waals surface area contributed by atoms with E-state index in [-0.39, 0.29) is 25.2 Å². The second-order valence-corrected chi connectivity index (χ2v) is 15.6. The number of imidazole rings is 1. The number of hydrogen-bond donors (Lipinski definition) is 10. The molecule has 328 valence electrons. The highest BCUT2D eigenvalue weighted by Gasteiger charge is 2.37. The number of para-hydroxylation sites is 1. The number of aromatic nitrogens is 3. The van der Waals surface area contributed by atoms with Gasteiger partial charge in [0.2, 0.25) is 35.4 Å². The third-order valence-electron chi connectivity index (χ3n) is 10.3. The summed E-state index contributed by atoms with van der Waals surface area (Å²) in [6.45, 7) is 11.7. The van der Waals surface area contributed by atoms with Crippen molar-refractivity contribution >= 4 is 58.3 Å². The maximum Gasteiger partial charge on any atom is 0.326 e. The smallest absolute Gasteiger partial charge is 0.326 e. The molecule has 10 N–H and O–H groups in total. The van der Waals surface area contributed by atoms with Crippen LogP contribution in [-0.2, 0) is 51.2 Å². The van der Waals surface area contributed by atoms with E-state index in [0.717, 1.165) is 10.9 Å². The molecule has 3 aromatic rings. The fourth-order valence-electron chi connectivity index (χ4n) is 6.59. The Morgan fingerprint density at radius 3 is 1.77 bits per heavy atom. The zero-order chi connectivity index (χ0) is 44.7. The topological polar surface area (TPSA) is 294 Å². The first-order valence-corrected chi connectivity index (χ1v) is 20.1. The largest absolute Gasteiger partial charge is 0.481 e. The van der Waals surface area contributed by atoms with Gasteiger partial charge in [-0.3, -0.25) is 33.6 Å². The number of carboxylic acids is 2. The van der Waals surface area contributed by atoms with Gasteiger partial charge in [-0.05, 0) is 35.8 Å². The number of H-pyrrole nitrogens is 2. The number of aromatic amines is 2. The summed E-state index contributed by atoms with van der Waals surface area (Å²) in [7, 11) is 0. The molecule has 8 atom stereocenters. The summed E-state index contributed by atoms with van der Waals surface area (Å²) < 4.78 is 0. The van der Waals surface area contributed by atoms with Gasteiger partial charge in [0.15, 0.2) is 0 Å². The molecule has 19 heteroatoms. The van der Waals surface area contributed by atoms with Crippen molar-refractivity contribution in [2.75, 3.05) is 0 Å². The van der Waals surface area contributed by atoms with Gasteiger partial charge in [0.25, 0.3) is 0 Å². The summed E-state index contributed by atoms with van der Waals surface area (Å²) >= 11 is 0. The van der Waals surface area contributed by atoms with Gasteiger partial charge in [-0.2, -0.15) is 0 Å². The van der Waals surface area contributed by atoms with Gasteiger partial charge >= 0.3 is 11.9 Å². The van der Waals surface area contributed by atoms with E-state index in [9.17, 15) is 48.6 Å². The Labute approximate surface area is 348 Å². The normalized spacial score (nSPS) is 15.3. The van der Waals surface area contributed by atoms with Gasteiger partial charge in [-0.1, -0.05) is 72.6 Å². The molecule has 0 fully saturated rings. The van der Waals surface area contributed by atoms with Gasteiger partial charge < -0.3 is 52.1 Å². The van der Waals surface area contributed by atoms with E-state index >= 15 is 0 Å². The summed E-state index contributed by atoms with van der Waals surface area (Å²) in [6, 6.07) is -0.626. The van der Waals surface area contributed by atoms with Gasteiger partial charge in [0.05, 0.1) is 12.7 Å². The second kappa shape index (κ2) is 22.8. The predicted octanol–water partition coefficient (Wildman–Crippen LogP) is 1.30. The number of aliphatic carboxylic acids is 2. The van der Waals surface area contributed by atoms with Crippen LogP contribution in [-0.4, -0.2) is 109 Å². The van der Waals surface area contributed by atoms with Crippen molar-refractivity contribution < 1.29 is 48.6 Å². The fraction of sp³-hybridized carbons (Fsp3) is 0.537. The zero-order valence-corrected chi connectivity index (χ0v) is 35.1. The second-order valence-electron chi connectivity index (χ2n) is 15.6. The molecule has 0 spiro atoms. The minimum Gasteiger partial charge on any atom is -0.481 e. The highest BCUT2D eigenvalue weighted by Crippen LogP contribution is 2.20. The third-order valence-corrected chi connectivity index (χ3v) is 10.3. The number of hydrogen-bond acceptors (Lipinski definition) is 9. The third kappa shape index (κ3) is 14.2. The van der Waals surface area contributed by atoms with Crippen LogP contribution in [0.5, 0.6) is 0 Å². The Balaban J connectivity index is 1.81. The average molecular weight is 838 g/mol. The number of amides is 6. The number of carbonyl (C=O) groups excluding carboxylic acids is 6. The lowest BCUT2D eigenvalue weighted by molar-refractivity contribution is -0.142. The number of nitrogens with zero attached hydrogens (tertiary/aromatic N) is 1. The summed E-state index contributed by atoms with van der Waals surface area (Å²) in [5, 5.41) is 36.0. The molecule has 0 aliphatic rings. The van der Waals surface area contributed by atoms with E-state index in [1.807, 2.05) is 24.3 Å². The molecule has 2 aromatic heterocycles. The number of carboxylic acid groups (broad SMARTS) is 2. The Morgan fingerprint density at radius 1 is 0.667 bits per heavy atom. The van der Waals surface area contributed by atoms with Crippen molar-refractivity contribution in [3.8, 4) is 0 Å². The SMILES string of the molecule is CC[C@H](C)[C@H](NC(=O)[C@H](CC(=O)O)NC(=O)[C@@H](CC(C)C)NC(=O)[C@H](Cc1cnc[nH]1)NC(C)=O)C(=O)N[C@H](C(=O)N[C@@H](Cc1c[nH]c2ccccc12)C(=O)O)[C@@H](C)CC. The molecule has 6 amide bonds. The van der Waals surface area contributed by atoms with Crippen LogP contribution in [0.15, 0.2) is 43.0 Å². The molecule has 0 radical (unpaired) electrons. The van der Waals surface area contributed by atoms with Crippen LogP contribution in [0.25, 0.3) is 10.9 Å². The molecule has 0 saturated carbocycles. The quantitative estimate of drug-likeness (QED) is 0.0614. The van der Waals surface area contributed by atoms with Crippen LogP contribution in [0.4, 0.5) is 0 Å². The van der Waals surface area contributed by atoms with E-state index in [2.05, 4.69) is 46.9 Å². The molecule has 2 heterocycles. The van der Waals surface area contributed by atoms with E-state index in [1.165, 1.54) is 19.4 Å². The van der Waals surface area contributed by atoms with Crippen molar-refractivity contribution in [1.82, 2.24) is 46.9 Å². The summed E-state index contributed by atoms with van der Waals surface area (Å²) in [6.07, 6.45) is 4.50. The Morgan fingerprint density at radius 2 is 1.22 bits per heavy atom. The van der Waals surface area contributed by atoms with E-state index in [4.69, 9.17) is 0 Å². The minimum atomic E-state index is -1.70. The summed E-state index contributed by atoms with van der Waals surface area (Å²) in [5.41, 5.74) is 2.00. The number of carbonyl (C=O) groups is 8. The molecule has 0 unspecified atom stereocenters. The molecule has 1 aromatic carbocycles. The van der Waals surface area contributed by atoms with E-state index in [0.29, 0.717) is 24.1 Å². The van der Waals surface area contributed by atoms with Crippen molar-refractivity contribution in [1.29, 1.82) is 0 Å². The Hall–Kier alpha value is -6.27. The lowest BCUT2D eigenvalue weighted by Gasteiger charge is -2.30. The van der Waals surface area contributed by atoms with Crippen LogP contribution in [0.3, 0.4) is 0 Å². The van der Waals surface area contributed by atoms with Gasteiger partial charge in [0.1, 0.15) is 36.3 Å². The number of benzene rings is 1. The molecular weight excluding hydrogens is 779 g/mol. The molecule has 0 bridgehead atoms. The fourth-order valence-corrected chi connectivity index (χ4v) is 6.59. The van der Waals surface area contributed by atoms with Gasteiger partial charge in [-0.25, -0.2) is 9.78 Å². The van der Waals surface area contributed by atoms with Crippen molar-refractivity contribution in [3.63, 3.8) is 0 Å². The van der Waals surface area contributed by atoms with Crippen LogP contribution >= 0.6 is 0 Å². The molecule has 19 nitrogen and oxygen atoms in total. The molecule has 3 rings (SSSR count). The zero-order valence-electron chi connectivity index (χ0n) is 35.1. The number of nitrogens with one attached hydrogen (secondary N) is 8. The Kier molecular flexibility index (Phi) is 18.3. The van der Waals surface area contributed by atoms with Crippen LogP contribution in [0, 0.1) is 17.8 Å². The summed E-state index contributed by atoms with van der Waals surface area (Å²) in [5.74, 6) is -8.55. The van der Waals surface area contributed by atoms with Crippen LogP contribution < -0.4 is 31.9 Å². The first-order chi connectivity index (χ1) is 28.3. The van der Waals surface area contributed by atoms with Gasteiger partial charge in [-0.15, -0.1) is 0 Å². The molecular formula is C41H59N9O10. The number of fused-ring (bicyclic) bond motifs is 1. The van der Waals surface area contributed by atoms with Crippen molar-refractivity contribution in [2.45, 2.75) is 123 Å². The lowest BCUT2D eigenvalue weighted by atomic mass is 9.94. The van der Waals surface area contributed by atoms with E-state index in [1.54, 1.807) is 47.7 Å². The minimum absolute atomic E-state index is 0.0231. The molecule has 0 saturated heterocycles. The summed E-state index contributed by atoms with van der Waals surface area (Å²) in [4.78, 5) is 115. The molecule has 0 aliphatic carbocycles.